The first-order valence-electron chi connectivity index (χ1n) is 8.39. The number of anilines is 1. The minimum absolute atomic E-state index is 0.186. The van der Waals surface area contributed by atoms with E-state index in [9.17, 15) is 9.90 Å². The van der Waals surface area contributed by atoms with E-state index in [-0.39, 0.29) is 12.5 Å². The third-order valence-electron chi connectivity index (χ3n) is 4.41. The van der Waals surface area contributed by atoms with Crippen LogP contribution in [0.1, 0.15) is 29.0 Å². The quantitative estimate of drug-likeness (QED) is 0.902. The van der Waals surface area contributed by atoms with Gasteiger partial charge < -0.3 is 14.9 Å². The predicted octanol–water partition coefficient (Wildman–Crippen LogP) is 1.28. The number of aliphatic hydroxyl groups is 1. The number of nitrogens with zero attached hydrogens (tertiary/aromatic N) is 5. The number of piperidine rings is 1. The van der Waals surface area contributed by atoms with Crippen LogP contribution in [-0.2, 0) is 0 Å². The first kappa shape index (κ1) is 17.3. The molecule has 0 aliphatic carbocycles. The molecule has 7 heteroatoms. The Kier molecular flexibility index (Phi) is 4.94. The van der Waals surface area contributed by atoms with Crippen molar-refractivity contribution in [1.82, 2.24) is 19.9 Å². The van der Waals surface area contributed by atoms with Gasteiger partial charge in [-0.05, 0) is 31.9 Å². The summed E-state index contributed by atoms with van der Waals surface area (Å²) in [6.07, 6.45) is 6.43. The van der Waals surface area contributed by atoms with Crippen molar-refractivity contribution < 1.29 is 9.90 Å². The summed E-state index contributed by atoms with van der Waals surface area (Å²) in [7, 11) is 1.70. The lowest BCUT2D eigenvalue weighted by molar-refractivity contribution is -0.000292. The van der Waals surface area contributed by atoms with Crippen LogP contribution >= 0.6 is 0 Å². The lowest BCUT2D eigenvalue weighted by Gasteiger charge is -2.41. The minimum Gasteiger partial charge on any atom is -0.386 e. The maximum Gasteiger partial charge on any atom is 0.272 e. The van der Waals surface area contributed by atoms with Crippen LogP contribution in [-0.4, -0.2) is 63.1 Å². The summed E-state index contributed by atoms with van der Waals surface area (Å²) < 4.78 is 0. The molecule has 3 heterocycles. The number of carbonyl (C=O) groups excluding carboxylic acids is 1. The smallest absolute Gasteiger partial charge is 0.272 e. The highest BCUT2D eigenvalue weighted by Gasteiger charge is 2.36. The third kappa shape index (κ3) is 4.11. The molecule has 3 rings (SSSR count). The number of hydrogen-bond acceptors (Lipinski definition) is 6. The van der Waals surface area contributed by atoms with Crippen LogP contribution in [0.2, 0.25) is 0 Å². The maximum absolute atomic E-state index is 12.6. The number of pyridine rings is 1. The Hall–Kier alpha value is -2.54. The zero-order chi connectivity index (χ0) is 17.9. The Morgan fingerprint density at radius 3 is 2.96 bits per heavy atom. The Balaban J connectivity index is 1.69. The van der Waals surface area contributed by atoms with Gasteiger partial charge in [0.1, 0.15) is 11.5 Å². The van der Waals surface area contributed by atoms with Gasteiger partial charge in [0, 0.05) is 38.2 Å². The molecule has 1 atom stereocenters. The van der Waals surface area contributed by atoms with E-state index < -0.39 is 5.60 Å². The number of aromatic nitrogens is 3. The van der Waals surface area contributed by atoms with E-state index in [1.165, 1.54) is 0 Å². The average molecular weight is 341 g/mol. The van der Waals surface area contributed by atoms with Crippen molar-refractivity contribution in [2.45, 2.75) is 25.4 Å². The van der Waals surface area contributed by atoms with Crippen molar-refractivity contribution >= 4 is 11.7 Å². The first-order chi connectivity index (χ1) is 12.0. The second kappa shape index (κ2) is 7.14. The zero-order valence-corrected chi connectivity index (χ0v) is 14.6. The normalized spacial score (nSPS) is 20.4. The molecular formula is C18H23N5O2. The standard InChI is InChI=1S/C18H23N5O2/c1-14-5-3-6-15(21-14)17(24)22(2)12-18(25)7-4-10-23(13-18)16-11-19-8-9-20-16/h3,5-6,8-9,11,25H,4,7,10,12-13H2,1-2H3. The fourth-order valence-corrected chi connectivity index (χ4v) is 3.26. The molecule has 2 aromatic rings. The van der Waals surface area contributed by atoms with Gasteiger partial charge in [0.05, 0.1) is 18.3 Å². The van der Waals surface area contributed by atoms with Gasteiger partial charge in [-0.15, -0.1) is 0 Å². The summed E-state index contributed by atoms with van der Waals surface area (Å²) in [4.78, 5) is 28.8. The number of hydrogen-bond donors (Lipinski definition) is 1. The largest absolute Gasteiger partial charge is 0.386 e. The Morgan fingerprint density at radius 2 is 2.24 bits per heavy atom. The molecule has 1 aliphatic heterocycles. The summed E-state index contributed by atoms with van der Waals surface area (Å²) in [6, 6.07) is 5.36. The maximum atomic E-state index is 12.6. The summed E-state index contributed by atoms with van der Waals surface area (Å²) in [5.74, 6) is 0.559. The third-order valence-corrected chi connectivity index (χ3v) is 4.41. The van der Waals surface area contributed by atoms with Crippen LogP contribution < -0.4 is 4.90 Å². The predicted molar refractivity (Wildman–Crippen MR) is 94.4 cm³/mol. The van der Waals surface area contributed by atoms with Crippen molar-refractivity contribution in [2.75, 3.05) is 31.6 Å². The lowest BCUT2D eigenvalue weighted by atomic mass is 9.92. The van der Waals surface area contributed by atoms with E-state index in [1.54, 1.807) is 36.6 Å². The molecule has 1 unspecified atom stereocenters. The molecule has 0 radical (unpaired) electrons. The van der Waals surface area contributed by atoms with E-state index in [2.05, 4.69) is 15.0 Å². The molecule has 132 valence electrons. The SMILES string of the molecule is Cc1cccc(C(=O)N(C)CC2(O)CCCN(c3cnccn3)C2)n1. The van der Waals surface area contributed by atoms with Crippen molar-refractivity contribution in [1.29, 1.82) is 0 Å². The molecule has 1 aliphatic rings. The molecule has 1 saturated heterocycles. The molecule has 1 N–H and O–H groups in total. The molecule has 0 spiro atoms. The molecule has 0 bridgehead atoms. The lowest BCUT2D eigenvalue weighted by Crippen LogP contribution is -2.55. The van der Waals surface area contributed by atoms with Crippen LogP contribution in [0.25, 0.3) is 0 Å². The van der Waals surface area contributed by atoms with Crippen molar-refractivity contribution in [3.63, 3.8) is 0 Å². The van der Waals surface area contributed by atoms with E-state index in [0.717, 1.165) is 24.5 Å². The van der Waals surface area contributed by atoms with Crippen LogP contribution in [0.15, 0.2) is 36.8 Å². The van der Waals surface area contributed by atoms with Crippen LogP contribution in [0.4, 0.5) is 5.82 Å². The Bertz CT molecular complexity index is 739. The molecule has 0 saturated carbocycles. The molecule has 1 amide bonds. The minimum atomic E-state index is -0.982. The van der Waals surface area contributed by atoms with Gasteiger partial charge in [-0.3, -0.25) is 9.78 Å². The fourth-order valence-electron chi connectivity index (χ4n) is 3.26. The van der Waals surface area contributed by atoms with Gasteiger partial charge in [0.15, 0.2) is 0 Å². The van der Waals surface area contributed by atoms with Gasteiger partial charge in [-0.1, -0.05) is 6.07 Å². The van der Waals surface area contributed by atoms with E-state index in [4.69, 9.17) is 0 Å². The van der Waals surface area contributed by atoms with Crippen molar-refractivity contribution in [3.05, 3.63) is 48.2 Å². The van der Waals surface area contributed by atoms with Crippen LogP contribution in [0.5, 0.6) is 0 Å². The second-order valence-electron chi connectivity index (χ2n) is 6.64. The van der Waals surface area contributed by atoms with Crippen LogP contribution in [0, 0.1) is 6.92 Å². The number of carbonyl (C=O) groups is 1. The zero-order valence-electron chi connectivity index (χ0n) is 14.6. The molecule has 7 nitrogen and oxygen atoms in total. The average Bonchev–Trinajstić information content (AvgIpc) is 2.61. The molecular weight excluding hydrogens is 318 g/mol. The first-order valence-corrected chi connectivity index (χ1v) is 8.39. The topological polar surface area (TPSA) is 82.5 Å². The van der Waals surface area contributed by atoms with E-state index in [1.807, 2.05) is 24.0 Å². The summed E-state index contributed by atoms with van der Waals surface area (Å²) in [5.41, 5.74) is 0.210. The number of β-amino-alcohol motifs (C(OH)–C–C–N with tert-alkyl or cyclic N) is 1. The number of likely N-dealkylation sites (N-methyl/N-ethyl adjacent to an activating group) is 1. The van der Waals surface area contributed by atoms with E-state index >= 15 is 0 Å². The van der Waals surface area contributed by atoms with Gasteiger partial charge in [-0.2, -0.15) is 0 Å². The van der Waals surface area contributed by atoms with Crippen molar-refractivity contribution in [3.8, 4) is 0 Å². The number of amides is 1. The summed E-state index contributed by atoms with van der Waals surface area (Å²) in [6.45, 7) is 3.34. The van der Waals surface area contributed by atoms with Crippen molar-refractivity contribution in [2.24, 2.45) is 0 Å². The Labute approximate surface area is 147 Å². The highest BCUT2D eigenvalue weighted by molar-refractivity contribution is 5.92. The molecule has 25 heavy (non-hydrogen) atoms. The second-order valence-corrected chi connectivity index (χ2v) is 6.64. The van der Waals surface area contributed by atoms with E-state index in [0.29, 0.717) is 18.7 Å². The summed E-state index contributed by atoms with van der Waals surface area (Å²) >= 11 is 0. The Morgan fingerprint density at radius 1 is 1.40 bits per heavy atom. The highest BCUT2D eigenvalue weighted by Crippen LogP contribution is 2.25. The highest BCUT2D eigenvalue weighted by atomic mass is 16.3. The van der Waals surface area contributed by atoms with Gasteiger partial charge >= 0.3 is 0 Å². The van der Waals surface area contributed by atoms with Gasteiger partial charge in [-0.25, -0.2) is 9.97 Å². The monoisotopic (exact) mass is 341 g/mol. The number of rotatable bonds is 4. The molecule has 1 fully saturated rings. The molecule has 2 aromatic heterocycles. The van der Waals surface area contributed by atoms with Crippen LogP contribution in [0.3, 0.4) is 0 Å². The summed E-state index contributed by atoms with van der Waals surface area (Å²) in [5, 5.41) is 11.0. The number of aryl methyl sites for hydroxylation is 1. The molecule has 0 aromatic carbocycles. The van der Waals surface area contributed by atoms with Gasteiger partial charge in [0.2, 0.25) is 0 Å². The fraction of sp³-hybridized carbons (Fsp3) is 0.444. The van der Waals surface area contributed by atoms with Gasteiger partial charge in [0.25, 0.3) is 5.91 Å².